The highest BCUT2D eigenvalue weighted by molar-refractivity contribution is 7.89. The molecule has 0 radical (unpaired) electrons. The minimum Gasteiger partial charge on any atom is -0.495 e. The molecule has 0 aliphatic carbocycles. The molecule has 178 valence electrons. The van der Waals surface area contributed by atoms with Gasteiger partial charge in [0, 0.05) is 25.2 Å². The van der Waals surface area contributed by atoms with Gasteiger partial charge in [0.15, 0.2) is 0 Å². The summed E-state index contributed by atoms with van der Waals surface area (Å²) in [5.41, 5.74) is 2.17. The van der Waals surface area contributed by atoms with Crippen molar-refractivity contribution in [3.63, 3.8) is 0 Å². The molecule has 1 aliphatic heterocycles. The molecule has 1 amide bonds. The number of hydrogen-bond donors (Lipinski definition) is 1. The SMILES string of the molecule is COc1ccc(C(=O)NCc2cccc(COc3ccccc3)c2)cc1S(=O)(=O)N1CCCC1. The molecule has 0 spiro atoms. The van der Waals surface area contributed by atoms with Crippen molar-refractivity contribution in [2.75, 3.05) is 20.2 Å². The van der Waals surface area contributed by atoms with Crippen LogP contribution < -0.4 is 14.8 Å². The van der Waals surface area contributed by atoms with Crippen LogP contribution in [0.25, 0.3) is 0 Å². The van der Waals surface area contributed by atoms with Crippen LogP contribution in [0.5, 0.6) is 11.5 Å². The quantitative estimate of drug-likeness (QED) is 0.501. The molecule has 3 aromatic carbocycles. The van der Waals surface area contributed by atoms with Gasteiger partial charge in [-0.1, -0.05) is 42.5 Å². The molecule has 0 atom stereocenters. The van der Waals surface area contributed by atoms with E-state index < -0.39 is 10.0 Å². The molecule has 1 heterocycles. The number of para-hydroxylation sites is 1. The standard InChI is InChI=1S/C26H28N2O5S/c1-32-24-13-12-22(17-25(24)34(30,31)28-14-5-6-15-28)26(29)27-18-20-8-7-9-21(16-20)19-33-23-10-3-2-4-11-23/h2-4,7-13,16-17H,5-6,14-15,18-19H2,1H3,(H,27,29). The number of rotatable bonds is 9. The molecular weight excluding hydrogens is 452 g/mol. The van der Waals surface area contributed by atoms with Crippen molar-refractivity contribution in [1.82, 2.24) is 9.62 Å². The Hall–Kier alpha value is -3.36. The number of sulfonamides is 1. The molecule has 1 fully saturated rings. The van der Waals surface area contributed by atoms with Crippen LogP contribution in [0, 0.1) is 0 Å². The minimum absolute atomic E-state index is 0.0182. The number of carbonyl (C=O) groups is 1. The van der Waals surface area contributed by atoms with Crippen LogP contribution in [-0.2, 0) is 23.2 Å². The number of benzene rings is 3. The third-order valence-corrected chi connectivity index (χ3v) is 7.62. The molecule has 7 nitrogen and oxygen atoms in total. The van der Waals surface area contributed by atoms with Crippen molar-refractivity contribution in [2.24, 2.45) is 0 Å². The number of amides is 1. The Morgan fingerprint density at radius 1 is 0.941 bits per heavy atom. The van der Waals surface area contributed by atoms with E-state index in [-0.39, 0.29) is 22.1 Å². The summed E-state index contributed by atoms with van der Waals surface area (Å²) >= 11 is 0. The predicted octanol–water partition coefficient (Wildman–Crippen LogP) is 3.99. The maximum absolute atomic E-state index is 13.1. The van der Waals surface area contributed by atoms with E-state index in [0.717, 1.165) is 29.7 Å². The number of nitrogens with one attached hydrogen (secondary N) is 1. The molecule has 0 saturated carbocycles. The average molecular weight is 481 g/mol. The smallest absolute Gasteiger partial charge is 0.251 e. The second-order valence-electron chi connectivity index (χ2n) is 8.08. The second-order valence-corrected chi connectivity index (χ2v) is 9.99. The van der Waals surface area contributed by atoms with Gasteiger partial charge in [0.1, 0.15) is 23.0 Å². The number of methoxy groups -OCH3 is 1. The summed E-state index contributed by atoms with van der Waals surface area (Å²) in [5.74, 6) is 0.668. The van der Waals surface area contributed by atoms with Gasteiger partial charge < -0.3 is 14.8 Å². The summed E-state index contributed by atoms with van der Waals surface area (Å²) < 4.78 is 38.6. The first kappa shape index (κ1) is 23.8. The summed E-state index contributed by atoms with van der Waals surface area (Å²) in [5, 5.41) is 2.87. The molecular formula is C26H28N2O5S. The van der Waals surface area contributed by atoms with Crippen LogP contribution in [0.15, 0.2) is 77.7 Å². The summed E-state index contributed by atoms with van der Waals surface area (Å²) in [6.07, 6.45) is 1.66. The normalized spacial score (nSPS) is 14.0. The van der Waals surface area contributed by atoms with Crippen LogP contribution in [0.1, 0.15) is 34.3 Å². The van der Waals surface area contributed by atoms with Crippen molar-refractivity contribution in [1.29, 1.82) is 0 Å². The number of carbonyl (C=O) groups excluding carboxylic acids is 1. The zero-order valence-corrected chi connectivity index (χ0v) is 19.9. The van der Waals surface area contributed by atoms with E-state index >= 15 is 0 Å². The maximum atomic E-state index is 13.1. The second kappa shape index (κ2) is 10.7. The van der Waals surface area contributed by atoms with Gasteiger partial charge in [0.2, 0.25) is 10.0 Å². The van der Waals surface area contributed by atoms with E-state index in [4.69, 9.17) is 9.47 Å². The Balaban J connectivity index is 1.43. The van der Waals surface area contributed by atoms with E-state index in [2.05, 4.69) is 5.32 Å². The average Bonchev–Trinajstić information content (AvgIpc) is 3.43. The highest BCUT2D eigenvalue weighted by Crippen LogP contribution is 2.30. The Kier molecular flexibility index (Phi) is 7.49. The summed E-state index contributed by atoms with van der Waals surface area (Å²) in [7, 11) is -2.30. The van der Waals surface area contributed by atoms with Crippen molar-refractivity contribution < 1.29 is 22.7 Å². The van der Waals surface area contributed by atoms with Gasteiger partial charge in [-0.15, -0.1) is 0 Å². The molecule has 0 bridgehead atoms. The fourth-order valence-electron chi connectivity index (χ4n) is 3.88. The van der Waals surface area contributed by atoms with E-state index in [1.807, 2.05) is 54.6 Å². The molecule has 0 aromatic heterocycles. The van der Waals surface area contributed by atoms with E-state index in [9.17, 15) is 13.2 Å². The van der Waals surface area contributed by atoms with Crippen LogP contribution >= 0.6 is 0 Å². The van der Waals surface area contributed by atoms with Gasteiger partial charge in [0.25, 0.3) is 5.91 Å². The van der Waals surface area contributed by atoms with Crippen LogP contribution in [0.3, 0.4) is 0 Å². The monoisotopic (exact) mass is 480 g/mol. The molecule has 8 heteroatoms. The van der Waals surface area contributed by atoms with Crippen molar-refractivity contribution in [3.05, 3.63) is 89.5 Å². The lowest BCUT2D eigenvalue weighted by Crippen LogP contribution is -2.29. The largest absolute Gasteiger partial charge is 0.495 e. The van der Waals surface area contributed by atoms with Gasteiger partial charge in [0.05, 0.1) is 7.11 Å². The minimum atomic E-state index is -3.73. The highest BCUT2D eigenvalue weighted by atomic mass is 32.2. The van der Waals surface area contributed by atoms with Crippen molar-refractivity contribution >= 4 is 15.9 Å². The summed E-state index contributed by atoms with van der Waals surface area (Å²) in [6, 6.07) is 21.8. The molecule has 34 heavy (non-hydrogen) atoms. The zero-order valence-electron chi connectivity index (χ0n) is 19.1. The maximum Gasteiger partial charge on any atom is 0.251 e. The number of ether oxygens (including phenoxy) is 2. The Labute approximate surface area is 200 Å². The number of hydrogen-bond acceptors (Lipinski definition) is 5. The van der Waals surface area contributed by atoms with Crippen LogP contribution in [-0.4, -0.2) is 38.8 Å². The molecule has 4 rings (SSSR count). The van der Waals surface area contributed by atoms with E-state index in [0.29, 0.717) is 26.2 Å². The summed E-state index contributed by atoms with van der Waals surface area (Å²) in [6.45, 7) is 1.68. The Morgan fingerprint density at radius 3 is 2.41 bits per heavy atom. The molecule has 0 unspecified atom stereocenters. The fraction of sp³-hybridized carbons (Fsp3) is 0.269. The van der Waals surface area contributed by atoms with Crippen molar-refractivity contribution in [2.45, 2.75) is 30.9 Å². The third-order valence-electron chi connectivity index (χ3n) is 5.70. The fourth-order valence-corrected chi connectivity index (χ4v) is 5.58. The first-order valence-corrected chi connectivity index (χ1v) is 12.6. The Bertz CT molecular complexity index is 1240. The van der Waals surface area contributed by atoms with Gasteiger partial charge in [-0.2, -0.15) is 4.31 Å². The molecule has 1 aliphatic rings. The topological polar surface area (TPSA) is 84.9 Å². The lowest BCUT2D eigenvalue weighted by molar-refractivity contribution is 0.0950. The highest BCUT2D eigenvalue weighted by Gasteiger charge is 2.30. The molecule has 3 aromatic rings. The summed E-state index contributed by atoms with van der Waals surface area (Å²) in [4.78, 5) is 12.8. The van der Waals surface area contributed by atoms with Gasteiger partial charge in [-0.3, -0.25) is 4.79 Å². The lowest BCUT2D eigenvalue weighted by Gasteiger charge is -2.18. The van der Waals surface area contributed by atoms with E-state index in [1.54, 1.807) is 6.07 Å². The predicted molar refractivity (Wildman–Crippen MR) is 129 cm³/mol. The first-order valence-electron chi connectivity index (χ1n) is 11.2. The third kappa shape index (κ3) is 5.58. The zero-order chi connectivity index (χ0) is 24.0. The number of nitrogens with zero attached hydrogens (tertiary/aromatic N) is 1. The van der Waals surface area contributed by atoms with Gasteiger partial charge in [-0.25, -0.2) is 8.42 Å². The molecule has 1 N–H and O–H groups in total. The van der Waals surface area contributed by atoms with E-state index in [1.165, 1.54) is 23.5 Å². The Morgan fingerprint density at radius 2 is 1.68 bits per heavy atom. The van der Waals surface area contributed by atoms with Crippen LogP contribution in [0.2, 0.25) is 0 Å². The van der Waals surface area contributed by atoms with Crippen molar-refractivity contribution in [3.8, 4) is 11.5 Å². The van der Waals surface area contributed by atoms with Gasteiger partial charge in [-0.05, 0) is 54.3 Å². The first-order chi connectivity index (χ1) is 16.5. The lowest BCUT2D eigenvalue weighted by atomic mass is 10.1. The van der Waals surface area contributed by atoms with Crippen LogP contribution in [0.4, 0.5) is 0 Å². The van der Waals surface area contributed by atoms with Gasteiger partial charge >= 0.3 is 0 Å². The molecule has 1 saturated heterocycles.